The summed E-state index contributed by atoms with van der Waals surface area (Å²) >= 11 is 0. The van der Waals surface area contributed by atoms with Gasteiger partial charge in [-0.3, -0.25) is 14.7 Å². The molecule has 3 rings (SSSR count). The number of piperidine rings is 1. The number of nitrogens with one attached hydrogen (secondary N) is 1. The summed E-state index contributed by atoms with van der Waals surface area (Å²) < 4.78 is 5.15. The molecule has 2 aromatic rings. The standard InChI is InChI=1S/C19H23N3O2/c1-24-17-9-7-16(8-10-17)21-19(23)18-6-2-3-12-22(18)14-15-5-4-11-20-13-15/h4-5,7-11,13,18H,2-3,6,12,14H2,1H3,(H,21,23)/t18-/m0/s1. The van der Waals surface area contributed by atoms with Gasteiger partial charge in [-0.15, -0.1) is 0 Å². The third-order valence-corrected chi connectivity index (χ3v) is 4.38. The fraction of sp³-hybridized carbons (Fsp3) is 0.368. The molecule has 1 aliphatic rings. The molecule has 5 nitrogen and oxygen atoms in total. The normalized spacial score (nSPS) is 18.1. The van der Waals surface area contributed by atoms with Gasteiger partial charge in [0.25, 0.3) is 0 Å². The van der Waals surface area contributed by atoms with Crippen LogP contribution in [0.15, 0.2) is 48.8 Å². The van der Waals surface area contributed by atoms with Crippen LogP contribution in [0.5, 0.6) is 5.75 Å². The highest BCUT2D eigenvalue weighted by Crippen LogP contribution is 2.22. The van der Waals surface area contributed by atoms with Gasteiger partial charge in [0.05, 0.1) is 13.2 Å². The molecule has 1 saturated heterocycles. The molecule has 126 valence electrons. The van der Waals surface area contributed by atoms with Gasteiger partial charge in [-0.2, -0.15) is 0 Å². The number of aromatic nitrogens is 1. The van der Waals surface area contributed by atoms with E-state index in [-0.39, 0.29) is 11.9 Å². The van der Waals surface area contributed by atoms with Gasteiger partial charge in [0.1, 0.15) is 5.75 Å². The maximum absolute atomic E-state index is 12.7. The number of anilines is 1. The summed E-state index contributed by atoms with van der Waals surface area (Å²) in [5, 5.41) is 3.03. The first-order chi connectivity index (χ1) is 11.8. The predicted octanol–water partition coefficient (Wildman–Crippen LogP) is 3.08. The Hall–Kier alpha value is -2.40. The van der Waals surface area contributed by atoms with Crippen molar-refractivity contribution in [2.24, 2.45) is 0 Å². The van der Waals surface area contributed by atoms with Gasteiger partial charge in [0.2, 0.25) is 5.91 Å². The molecule has 0 saturated carbocycles. The molecule has 1 aromatic heterocycles. The summed E-state index contributed by atoms with van der Waals surface area (Å²) in [4.78, 5) is 19.1. The molecule has 2 heterocycles. The lowest BCUT2D eigenvalue weighted by atomic mass is 10.0. The number of benzene rings is 1. The third-order valence-electron chi connectivity index (χ3n) is 4.38. The minimum Gasteiger partial charge on any atom is -0.497 e. The van der Waals surface area contributed by atoms with Crippen LogP contribution < -0.4 is 10.1 Å². The van der Waals surface area contributed by atoms with E-state index in [1.54, 1.807) is 13.3 Å². The molecule has 5 heteroatoms. The highest BCUT2D eigenvalue weighted by atomic mass is 16.5. The van der Waals surface area contributed by atoms with Crippen molar-refractivity contribution in [2.45, 2.75) is 31.8 Å². The van der Waals surface area contributed by atoms with Crippen molar-refractivity contribution in [2.75, 3.05) is 19.0 Å². The maximum atomic E-state index is 12.7. The van der Waals surface area contributed by atoms with Crippen molar-refractivity contribution >= 4 is 11.6 Å². The smallest absolute Gasteiger partial charge is 0.241 e. The van der Waals surface area contributed by atoms with E-state index in [9.17, 15) is 4.79 Å². The van der Waals surface area contributed by atoms with Gasteiger partial charge in [-0.05, 0) is 55.3 Å². The highest BCUT2D eigenvalue weighted by Gasteiger charge is 2.28. The average Bonchev–Trinajstić information content (AvgIpc) is 2.63. The molecule has 0 aliphatic carbocycles. The molecule has 1 aliphatic heterocycles. The topological polar surface area (TPSA) is 54.5 Å². The van der Waals surface area contributed by atoms with Crippen LogP contribution in [0.2, 0.25) is 0 Å². The van der Waals surface area contributed by atoms with Crippen LogP contribution in [0.25, 0.3) is 0 Å². The second-order valence-electron chi connectivity index (χ2n) is 6.06. The van der Waals surface area contributed by atoms with Gasteiger partial charge in [-0.1, -0.05) is 12.5 Å². The fourth-order valence-electron chi connectivity index (χ4n) is 3.10. The number of carbonyl (C=O) groups is 1. The molecule has 0 radical (unpaired) electrons. The van der Waals surface area contributed by atoms with Crippen LogP contribution in [0.3, 0.4) is 0 Å². The Kier molecular flexibility index (Phi) is 5.43. The van der Waals surface area contributed by atoms with Crippen molar-refractivity contribution in [1.82, 2.24) is 9.88 Å². The van der Waals surface area contributed by atoms with E-state index >= 15 is 0 Å². The zero-order chi connectivity index (χ0) is 16.8. The lowest BCUT2D eigenvalue weighted by Crippen LogP contribution is -2.46. The lowest BCUT2D eigenvalue weighted by molar-refractivity contribution is -0.122. The van der Waals surface area contributed by atoms with Gasteiger partial charge >= 0.3 is 0 Å². The number of hydrogen-bond acceptors (Lipinski definition) is 4. The van der Waals surface area contributed by atoms with Crippen molar-refractivity contribution in [3.63, 3.8) is 0 Å². The molecule has 0 spiro atoms. The molecular formula is C19H23N3O2. The van der Waals surface area contributed by atoms with Crippen molar-refractivity contribution < 1.29 is 9.53 Å². The summed E-state index contributed by atoms with van der Waals surface area (Å²) in [6, 6.07) is 11.3. The fourth-order valence-corrected chi connectivity index (χ4v) is 3.10. The molecule has 1 amide bonds. The summed E-state index contributed by atoms with van der Waals surface area (Å²) in [6.07, 6.45) is 6.75. The molecule has 1 aromatic carbocycles. The minimum atomic E-state index is -0.0962. The number of rotatable bonds is 5. The van der Waals surface area contributed by atoms with Crippen LogP contribution in [0.4, 0.5) is 5.69 Å². The average molecular weight is 325 g/mol. The maximum Gasteiger partial charge on any atom is 0.241 e. The van der Waals surface area contributed by atoms with E-state index in [4.69, 9.17) is 4.74 Å². The van der Waals surface area contributed by atoms with Crippen molar-refractivity contribution in [3.8, 4) is 5.75 Å². The van der Waals surface area contributed by atoms with Crippen LogP contribution in [-0.4, -0.2) is 35.5 Å². The number of hydrogen-bond donors (Lipinski definition) is 1. The monoisotopic (exact) mass is 325 g/mol. The number of pyridine rings is 1. The second-order valence-corrected chi connectivity index (χ2v) is 6.06. The Labute approximate surface area is 142 Å². The zero-order valence-electron chi connectivity index (χ0n) is 13.9. The molecule has 0 unspecified atom stereocenters. The molecule has 1 N–H and O–H groups in total. The highest BCUT2D eigenvalue weighted by molar-refractivity contribution is 5.94. The first kappa shape index (κ1) is 16.5. The van der Waals surface area contributed by atoms with Crippen molar-refractivity contribution in [1.29, 1.82) is 0 Å². The van der Waals surface area contributed by atoms with Crippen LogP contribution >= 0.6 is 0 Å². The van der Waals surface area contributed by atoms with Gasteiger partial charge in [-0.25, -0.2) is 0 Å². The van der Waals surface area contributed by atoms with E-state index in [0.29, 0.717) is 0 Å². The number of nitrogens with zero attached hydrogens (tertiary/aromatic N) is 2. The van der Waals surface area contributed by atoms with E-state index < -0.39 is 0 Å². The Morgan fingerprint density at radius 1 is 1.29 bits per heavy atom. The van der Waals surface area contributed by atoms with Crippen LogP contribution in [0, 0.1) is 0 Å². The molecular weight excluding hydrogens is 302 g/mol. The van der Waals surface area contributed by atoms with Gasteiger partial charge < -0.3 is 10.1 Å². The summed E-state index contributed by atoms with van der Waals surface area (Å²) in [7, 11) is 1.63. The Morgan fingerprint density at radius 2 is 2.12 bits per heavy atom. The minimum absolute atomic E-state index is 0.0590. The second kappa shape index (κ2) is 7.93. The summed E-state index contributed by atoms with van der Waals surface area (Å²) in [5.74, 6) is 0.840. The van der Waals surface area contributed by atoms with Crippen LogP contribution in [-0.2, 0) is 11.3 Å². The molecule has 1 fully saturated rings. The van der Waals surface area contributed by atoms with E-state index in [1.165, 1.54) is 0 Å². The summed E-state index contributed by atoms with van der Waals surface area (Å²) in [6.45, 7) is 1.70. The number of likely N-dealkylation sites (tertiary alicyclic amines) is 1. The van der Waals surface area contributed by atoms with Crippen molar-refractivity contribution in [3.05, 3.63) is 54.4 Å². The zero-order valence-corrected chi connectivity index (χ0v) is 13.9. The van der Waals surface area contributed by atoms with E-state index in [2.05, 4.69) is 21.3 Å². The predicted molar refractivity (Wildman–Crippen MR) is 93.9 cm³/mol. The first-order valence-corrected chi connectivity index (χ1v) is 8.34. The SMILES string of the molecule is COc1ccc(NC(=O)[C@@H]2CCCCN2Cc2cccnc2)cc1. The van der Waals surface area contributed by atoms with E-state index in [1.807, 2.05) is 36.5 Å². The van der Waals surface area contributed by atoms with Crippen LogP contribution in [0.1, 0.15) is 24.8 Å². The molecule has 0 bridgehead atoms. The number of amides is 1. The van der Waals surface area contributed by atoms with Gasteiger partial charge in [0.15, 0.2) is 0 Å². The number of carbonyl (C=O) groups excluding carboxylic acids is 1. The molecule has 24 heavy (non-hydrogen) atoms. The number of ether oxygens (including phenoxy) is 1. The largest absolute Gasteiger partial charge is 0.497 e. The number of methoxy groups -OCH3 is 1. The Morgan fingerprint density at radius 3 is 2.83 bits per heavy atom. The van der Waals surface area contributed by atoms with Gasteiger partial charge in [0, 0.05) is 24.6 Å². The quantitative estimate of drug-likeness (QED) is 0.918. The van der Waals surface area contributed by atoms with E-state index in [0.717, 1.165) is 49.4 Å². The Bertz CT molecular complexity index is 658. The summed E-state index contributed by atoms with van der Waals surface area (Å²) in [5.41, 5.74) is 1.94. The third kappa shape index (κ3) is 4.11. The Balaban J connectivity index is 1.66. The first-order valence-electron chi connectivity index (χ1n) is 8.34. The lowest BCUT2D eigenvalue weighted by Gasteiger charge is -2.34. The molecule has 1 atom stereocenters.